The number of carbonyl (C=O) groups excluding carboxylic acids is 1. The molecule has 3 atom stereocenters. The van der Waals surface area contributed by atoms with Gasteiger partial charge in [-0.3, -0.25) is 0 Å². The molecule has 0 aliphatic heterocycles. The monoisotopic (exact) mass is 286 g/mol. The molecule has 0 saturated heterocycles. The summed E-state index contributed by atoms with van der Waals surface area (Å²) in [5, 5.41) is 9.65. The normalized spacial score (nSPS) is 21.6. The van der Waals surface area contributed by atoms with Gasteiger partial charge in [0.2, 0.25) is 0 Å². The first-order valence-corrected chi connectivity index (χ1v) is 7.09. The predicted octanol–water partition coefficient (Wildman–Crippen LogP) is 2.51. The second-order valence-electron chi connectivity index (χ2n) is 5.48. The number of benzene rings is 1. The van der Waals surface area contributed by atoms with Gasteiger partial charge < -0.3 is 15.2 Å². The molecule has 2 aromatic rings. The van der Waals surface area contributed by atoms with Crippen LogP contribution in [0.25, 0.3) is 11.5 Å². The zero-order valence-electron chi connectivity index (χ0n) is 12.0. The highest BCUT2D eigenvalue weighted by molar-refractivity contribution is 5.75. The molecule has 0 radical (unpaired) electrons. The molecule has 21 heavy (non-hydrogen) atoms. The van der Waals surface area contributed by atoms with Gasteiger partial charge in [0.05, 0.1) is 6.04 Å². The Morgan fingerprint density at radius 3 is 2.76 bits per heavy atom. The van der Waals surface area contributed by atoms with Crippen molar-refractivity contribution in [2.24, 2.45) is 5.92 Å². The van der Waals surface area contributed by atoms with Gasteiger partial charge in [0.15, 0.2) is 5.82 Å². The number of rotatable bonds is 4. The molecule has 1 fully saturated rings. The Labute approximate surface area is 122 Å². The molecule has 1 saturated carbocycles. The molecule has 1 heterocycles. The van der Waals surface area contributed by atoms with Crippen LogP contribution in [0.2, 0.25) is 0 Å². The van der Waals surface area contributed by atoms with Crippen LogP contribution in [0.1, 0.15) is 32.1 Å². The van der Waals surface area contributed by atoms with Crippen LogP contribution < -0.4 is 10.6 Å². The highest BCUT2D eigenvalue weighted by atomic mass is 16.5. The van der Waals surface area contributed by atoms with Crippen molar-refractivity contribution in [1.29, 1.82) is 0 Å². The zero-order valence-corrected chi connectivity index (χ0v) is 12.0. The number of urea groups is 1. The van der Waals surface area contributed by atoms with E-state index in [4.69, 9.17) is 4.52 Å². The molecule has 110 valence electrons. The van der Waals surface area contributed by atoms with E-state index in [1.54, 1.807) is 0 Å². The number of carbonyl (C=O) groups is 1. The first-order chi connectivity index (χ1) is 10.1. The Hall–Kier alpha value is -2.37. The van der Waals surface area contributed by atoms with Gasteiger partial charge in [-0.05, 0) is 31.4 Å². The molecule has 1 aromatic heterocycles. The summed E-state index contributed by atoms with van der Waals surface area (Å²) in [5.74, 6) is 1.49. The number of hydrogen-bond acceptors (Lipinski definition) is 4. The summed E-state index contributed by atoms with van der Waals surface area (Å²) in [6.45, 7) is 3.94. The Bertz CT molecular complexity index is 626. The van der Waals surface area contributed by atoms with E-state index in [2.05, 4.69) is 27.7 Å². The van der Waals surface area contributed by atoms with E-state index in [0.717, 1.165) is 12.0 Å². The third-order valence-electron chi connectivity index (χ3n) is 3.62. The molecule has 3 rings (SSSR count). The van der Waals surface area contributed by atoms with Crippen molar-refractivity contribution in [1.82, 2.24) is 20.8 Å². The lowest BCUT2D eigenvalue weighted by molar-refractivity contribution is 0.236. The minimum absolute atomic E-state index is 0.192. The van der Waals surface area contributed by atoms with Crippen molar-refractivity contribution in [3.8, 4) is 11.5 Å². The van der Waals surface area contributed by atoms with Crippen molar-refractivity contribution in [2.75, 3.05) is 0 Å². The first-order valence-electron chi connectivity index (χ1n) is 7.09. The highest BCUT2D eigenvalue weighted by Crippen LogP contribution is 2.28. The van der Waals surface area contributed by atoms with E-state index in [-0.39, 0.29) is 12.1 Å². The van der Waals surface area contributed by atoms with Crippen LogP contribution >= 0.6 is 0 Å². The molecule has 1 aliphatic rings. The highest BCUT2D eigenvalue weighted by Gasteiger charge is 2.34. The van der Waals surface area contributed by atoms with Crippen molar-refractivity contribution in [3.05, 3.63) is 36.2 Å². The van der Waals surface area contributed by atoms with Crippen molar-refractivity contribution >= 4 is 6.03 Å². The van der Waals surface area contributed by atoms with Gasteiger partial charge in [0.25, 0.3) is 5.89 Å². The number of nitrogens with one attached hydrogen (secondary N) is 2. The van der Waals surface area contributed by atoms with Crippen LogP contribution in [0.5, 0.6) is 0 Å². The van der Waals surface area contributed by atoms with Crippen molar-refractivity contribution < 1.29 is 9.32 Å². The van der Waals surface area contributed by atoms with Gasteiger partial charge in [-0.15, -0.1) is 0 Å². The third kappa shape index (κ3) is 3.21. The summed E-state index contributed by atoms with van der Waals surface area (Å²) in [6, 6.07) is 9.34. The van der Waals surface area contributed by atoms with E-state index in [1.807, 2.05) is 37.3 Å². The van der Waals surface area contributed by atoms with Crippen molar-refractivity contribution in [2.45, 2.75) is 32.4 Å². The van der Waals surface area contributed by atoms with Crippen LogP contribution in [0.15, 0.2) is 34.9 Å². The van der Waals surface area contributed by atoms with Crippen LogP contribution in [-0.4, -0.2) is 22.2 Å². The smallest absolute Gasteiger partial charge is 0.315 e. The molecule has 0 spiro atoms. The van der Waals surface area contributed by atoms with Crippen LogP contribution in [-0.2, 0) is 0 Å². The average Bonchev–Trinajstić information content (AvgIpc) is 2.98. The van der Waals surface area contributed by atoms with Gasteiger partial charge >= 0.3 is 6.03 Å². The van der Waals surface area contributed by atoms with Gasteiger partial charge in [-0.25, -0.2) is 4.79 Å². The summed E-state index contributed by atoms with van der Waals surface area (Å²) >= 11 is 0. The van der Waals surface area contributed by atoms with Gasteiger partial charge in [-0.2, -0.15) is 4.98 Å². The summed E-state index contributed by atoms with van der Waals surface area (Å²) in [5.41, 5.74) is 0.861. The maximum absolute atomic E-state index is 11.8. The summed E-state index contributed by atoms with van der Waals surface area (Å²) in [6.07, 6.45) is 1.04. The molecule has 6 nitrogen and oxygen atoms in total. The van der Waals surface area contributed by atoms with Crippen LogP contribution in [0.4, 0.5) is 4.79 Å². The molecular formula is C15H18N4O2. The maximum Gasteiger partial charge on any atom is 0.315 e. The van der Waals surface area contributed by atoms with Crippen LogP contribution in [0, 0.1) is 5.92 Å². The Morgan fingerprint density at radius 2 is 2.10 bits per heavy atom. The lowest BCUT2D eigenvalue weighted by Gasteiger charge is -2.10. The van der Waals surface area contributed by atoms with E-state index in [0.29, 0.717) is 23.7 Å². The predicted molar refractivity (Wildman–Crippen MR) is 77.4 cm³/mol. The zero-order chi connectivity index (χ0) is 14.8. The lowest BCUT2D eigenvalue weighted by atomic mass is 10.2. The molecule has 0 unspecified atom stereocenters. The number of amides is 2. The molecule has 1 aliphatic carbocycles. The quantitative estimate of drug-likeness (QED) is 0.905. The average molecular weight is 286 g/mol. The number of hydrogen-bond donors (Lipinski definition) is 2. The van der Waals surface area contributed by atoms with Gasteiger partial charge in [0.1, 0.15) is 0 Å². The summed E-state index contributed by atoms with van der Waals surface area (Å²) in [7, 11) is 0. The maximum atomic E-state index is 11.8. The fraction of sp³-hybridized carbons (Fsp3) is 0.400. The molecular weight excluding hydrogens is 268 g/mol. The Kier molecular flexibility index (Phi) is 3.60. The SMILES string of the molecule is C[C@H](NC(=O)N[C@H]1C[C@H]1C)c1noc(-c2ccccc2)n1. The minimum atomic E-state index is -0.305. The second kappa shape index (κ2) is 5.55. The lowest BCUT2D eigenvalue weighted by Crippen LogP contribution is -2.39. The minimum Gasteiger partial charge on any atom is -0.335 e. The van der Waals surface area contributed by atoms with E-state index < -0.39 is 0 Å². The third-order valence-corrected chi connectivity index (χ3v) is 3.62. The van der Waals surface area contributed by atoms with E-state index in [9.17, 15) is 4.79 Å². The topological polar surface area (TPSA) is 80.0 Å². The molecule has 6 heteroatoms. The summed E-state index contributed by atoms with van der Waals surface area (Å²) < 4.78 is 5.23. The fourth-order valence-electron chi connectivity index (χ4n) is 2.10. The number of aromatic nitrogens is 2. The second-order valence-corrected chi connectivity index (χ2v) is 5.48. The molecule has 1 aromatic carbocycles. The first kappa shape index (κ1) is 13.6. The summed E-state index contributed by atoms with van der Waals surface area (Å²) in [4.78, 5) is 16.1. The fourth-order valence-corrected chi connectivity index (χ4v) is 2.10. The molecule has 0 bridgehead atoms. The van der Waals surface area contributed by atoms with Crippen molar-refractivity contribution in [3.63, 3.8) is 0 Å². The molecule has 2 N–H and O–H groups in total. The Morgan fingerprint density at radius 1 is 1.38 bits per heavy atom. The van der Waals surface area contributed by atoms with Crippen LogP contribution in [0.3, 0.4) is 0 Å². The standard InChI is InChI=1S/C15H18N4O2/c1-9-8-12(9)17-15(20)16-10(2)13-18-14(21-19-13)11-6-4-3-5-7-11/h3-7,9-10,12H,8H2,1-2H3,(H2,16,17,20)/t9-,10+,12+/m1/s1. The van der Waals surface area contributed by atoms with E-state index in [1.165, 1.54) is 0 Å². The molecule has 2 amide bonds. The van der Waals surface area contributed by atoms with Gasteiger partial charge in [-0.1, -0.05) is 30.3 Å². The van der Waals surface area contributed by atoms with E-state index >= 15 is 0 Å². The number of nitrogens with zero attached hydrogens (tertiary/aromatic N) is 2. The van der Waals surface area contributed by atoms with Gasteiger partial charge in [0, 0.05) is 11.6 Å². The Balaban J connectivity index is 1.61. The largest absolute Gasteiger partial charge is 0.335 e.